The summed E-state index contributed by atoms with van der Waals surface area (Å²) < 4.78 is 26.3. The molecule has 1 unspecified atom stereocenters. The molecule has 112 valence electrons. The maximum atomic E-state index is 12.5. The van der Waals surface area contributed by atoms with E-state index < -0.39 is 10.0 Å². The predicted molar refractivity (Wildman–Crippen MR) is 76.5 cm³/mol. The monoisotopic (exact) mass is 338 g/mol. The lowest BCUT2D eigenvalue weighted by molar-refractivity contribution is -0.114. The van der Waals surface area contributed by atoms with E-state index in [0.29, 0.717) is 6.54 Å². The molecule has 20 heavy (non-hydrogen) atoms. The zero-order chi connectivity index (χ0) is 14.8. The Balaban J connectivity index is 2.24. The van der Waals surface area contributed by atoms with Crippen molar-refractivity contribution in [3.05, 3.63) is 0 Å². The minimum absolute atomic E-state index is 0.113. The van der Waals surface area contributed by atoms with Crippen LogP contribution in [0.15, 0.2) is 4.34 Å². The van der Waals surface area contributed by atoms with Gasteiger partial charge in [0.25, 0.3) is 10.0 Å². The maximum absolute atomic E-state index is 12.5. The Bertz CT molecular complexity index is 589. The Morgan fingerprint density at radius 2 is 2.25 bits per heavy atom. The highest BCUT2D eigenvalue weighted by Crippen LogP contribution is 2.28. The van der Waals surface area contributed by atoms with Crippen LogP contribution < -0.4 is 5.32 Å². The fraction of sp³-hybridized carbons (Fsp3) is 0.700. The molecular formula is C10H15ClN4O3S2. The van der Waals surface area contributed by atoms with Crippen molar-refractivity contribution in [1.82, 2.24) is 14.5 Å². The van der Waals surface area contributed by atoms with Crippen LogP contribution in [0.1, 0.15) is 26.2 Å². The third-order valence-corrected chi connectivity index (χ3v) is 6.46. The molecule has 0 spiro atoms. The molecule has 1 aromatic rings. The molecule has 1 aliphatic rings. The molecule has 1 amide bonds. The van der Waals surface area contributed by atoms with E-state index in [-0.39, 0.29) is 27.3 Å². The van der Waals surface area contributed by atoms with Crippen LogP contribution in [0.3, 0.4) is 0 Å². The molecule has 1 fully saturated rings. The Kier molecular flexibility index (Phi) is 4.95. The van der Waals surface area contributed by atoms with Crippen LogP contribution in [0.4, 0.5) is 5.13 Å². The van der Waals surface area contributed by atoms with E-state index in [0.717, 1.165) is 30.6 Å². The van der Waals surface area contributed by atoms with Crippen molar-refractivity contribution in [2.45, 2.75) is 36.6 Å². The minimum Gasteiger partial charge on any atom is -0.301 e. The van der Waals surface area contributed by atoms with Crippen molar-refractivity contribution in [2.24, 2.45) is 0 Å². The molecule has 1 N–H and O–H groups in total. The molecule has 0 saturated carbocycles. The van der Waals surface area contributed by atoms with E-state index in [1.165, 1.54) is 11.2 Å². The average molecular weight is 339 g/mol. The minimum atomic E-state index is -3.70. The van der Waals surface area contributed by atoms with Gasteiger partial charge < -0.3 is 5.32 Å². The second-order valence-electron chi connectivity index (χ2n) is 4.47. The van der Waals surface area contributed by atoms with Crippen molar-refractivity contribution in [3.63, 3.8) is 0 Å². The van der Waals surface area contributed by atoms with Crippen LogP contribution in [0, 0.1) is 0 Å². The SMILES string of the molecule is CC(=O)Nc1nnc(S(=O)(=O)N2CCCCC2CCl)s1. The van der Waals surface area contributed by atoms with Crippen molar-refractivity contribution >= 4 is 44.0 Å². The van der Waals surface area contributed by atoms with Gasteiger partial charge in [0.05, 0.1) is 0 Å². The van der Waals surface area contributed by atoms with Gasteiger partial charge in [0.1, 0.15) is 0 Å². The summed E-state index contributed by atoms with van der Waals surface area (Å²) in [6, 6.07) is -0.205. The van der Waals surface area contributed by atoms with Crippen LogP contribution in [-0.4, -0.2) is 47.3 Å². The zero-order valence-corrected chi connectivity index (χ0v) is 13.3. The number of piperidine rings is 1. The van der Waals surface area contributed by atoms with Crippen molar-refractivity contribution in [2.75, 3.05) is 17.7 Å². The number of sulfonamides is 1. The Morgan fingerprint density at radius 3 is 2.90 bits per heavy atom. The van der Waals surface area contributed by atoms with Crippen LogP contribution in [0.2, 0.25) is 0 Å². The van der Waals surface area contributed by atoms with Gasteiger partial charge in [-0.3, -0.25) is 4.79 Å². The van der Waals surface area contributed by atoms with Gasteiger partial charge in [0.2, 0.25) is 15.4 Å². The number of carbonyl (C=O) groups is 1. The molecule has 0 bridgehead atoms. The first-order valence-electron chi connectivity index (χ1n) is 6.14. The summed E-state index contributed by atoms with van der Waals surface area (Å²) in [6.45, 7) is 1.76. The lowest BCUT2D eigenvalue weighted by atomic mass is 10.1. The summed E-state index contributed by atoms with van der Waals surface area (Å²) >= 11 is 6.69. The van der Waals surface area contributed by atoms with E-state index in [9.17, 15) is 13.2 Å². The number of alkyl halides is 1. The van der Waals surface area contributed by atoms with Crippen molar-refractivity contribution in [3.8, 4) is 0 Å². The first-order valence-corrected chi connectivity index (χ1v) is 8.93. The molecule has 2 heterocycles. The molecule has 7 nitrogen and oxygen atoms in total. The van der Waals surface area contributed by atoms with Crippen LogP contribution in [0.5, 0.6) is 0 Å². The predicted octanol–water partition coefficient (Wildman–Crippen LogP) is 1.28. The first-order chi connectivity index (χ1) is 9.45. The largest absolute Gasteiger partial charge is 0.301 e. The number of nitrogens with one attached hydrogen (secondary N) is 1. The van der Waals surface area contributed by atoms with E-state index in [1.54, 1.807) is 0 Å². The molecule has 0 radical (unpaired) electrons. The highest BCUT2D eigenvalue weighted by atomic mass is 35.5. The molecule has 2 rings (SSSR count). The average Bonchev–Trinajstić information content (AvgIpc) is 2.87. The van der Waals surface area contributed by atoms with Gasteiger partial charge in [-0.05, 0) is 12.8 Å². The molecule has 1 aliphatic heterocycles. The van der Waals surface area contributed by atoms with Crippen LogP contribution in [-0.2, 0) is 14.8 Å². The van der Waals surface area contributed by atoms with Crippen LogP contribution in [0.25, 0.3) is 0 Å². The van der Waals surface area contributed by atoms with Gasteiger partial charge in [0, 0.05) is 25.4 Å². The van der Waals surface area contributed by atoms with E-state index in [1.807, 2.05) is 0 Å². The number of aromatic nitrogens is 2. The summed E-state index contributed by atoms with van der Waals surface area (Å²) in [5.41, 5.74) is 0. The molecule has 1 aromatic heterocycles. The number of carbonyl (C=O) groups excluding carboxylic acids is 1. The number of hydrogen-bond acceptors (Lipinski definition) is 6. The number of nitrogens with zero attached hydrogens (tertiary/aromatic N) is 3. The quantitative estimate of drug-likeness (QED) is 0.659. The highest BCUT2D eigenvalue weighted by molar-refractivity contribution is 7.91. The highest BCUT2D eigenvalue weighted by Gasteiger charge is 2.35. The number of anilines is 1. The van der Waals surface area contributed by atoms with Crippen LogP contribution >= 0.6 is 22.9 Å². The van der Waals surface area contributed by atoms with E-state index in [4.69, 9.17) is 11.6 Å². The van der Waals surface area contributed by atoms with Gasteiger partial charge in [-0.15, -0.1) is 21.8 Å². The first kappa shape index (κ1) is 15.6. The molecule has 1 saturated heterocycles. The van der Waals surface area contributed by atoms with Crippen molar-refractivity contribution < 1.29 is 13.2 Å². The normalized spacial score (nSPS) is 20.8. The lowest BCUT2D eigenvalue weighted by Gasteiger charge is -2.32. The Labute approximate surface area is 126 Å². The standard InChI is InChI=1S/C10H15ClN4O3S2/c1-7(16)12-9-13-14-10(19-9)20(17,18)15-5-3-2-4-8(15)6-11/h8H,2-6H2,1H3,(H,12,13,16). The molecular weight excluding hydrogens is 324 g/mol. The molecule has 0 aliphatic carbocycles. The fourth-order valence-corrected chi connectivity index (χ4v) is 5.22. The summed E-state index contributed by atoms with van der Waals surface area (Å²) in [5, 5.41) is 9.93. The van der Waals surface area contributed by atoms with Gasteiger partial charge in [-0.25, -0.2) is 8.42 Å². The topological polar surface area (TPSA) is 92.3 Å². The van der Waals surface area contributed by atoms with E-state index >= 15 is 0 Å². The molecule has 0 aromatic carbocycles. The Morgan fingerprint density at radius 1 is 1.50 bits per heavy atom. The zero-order valence-electron chi connectivity index (χ0n) is 10.9. The van der Waals surface area contributed by atoms with E-state index in [2.05, 4.69) is 15.5 Å². The molecule has 1 atom stereocenters. The van der Waals surface area contributed by atoms with Gasteiger partial charge in [-0.1, -0.05) is 17.8 Å². The van der Waals surface area contributed by atoms with Gasteiger partial charge in [0.15, 0.2) is 0 Å². The van der Waals surface area contributed by atoms with Crippen molar-refractivity contribution in [1.29, 1.82) is 0 Å². The number of rotatable bonds is 4. The fourth-order valence-electron chi connectivity index (χ4n) is 2.06. The lowest BCUT2D eigenvalue weighted by Crippen LogP contribution is -2.44. The third kappa shape index (κ3) is 3.27. The third-order valence-electron chi connectivity index (χ3n) is 2.97. The second-order valence-corrected chi connectivity index (χ2v) is 7.82. The molecule has 10 heteroatoms. The number of hydrogen-bond donors (Lipinski definition) is 1. The second kappa shape index (κ2) is 6.33. The maximum Gasteiger partial charge on any atom is 0.272 e. The summed E-state index contributed by atoms with van der Waals surface area (Å²) in [6.07, 6.45) is 2.53. The Hall–Kier alpha value is -0.770. The number of amides is 1. The summed E-state index contributed by atoms with van der Waals surface area (Å²) in [7, 11) is -3.70. The summed E-state index contributed by atoms with van der Waals surface area (Å²) in [4.78, 5) is 10.9. The van der Waals surface area contributed by atoms with Gasteiger partial charge in [-0.2, -0.15) is 4.31 Å². The smallest absolute Gasteiger partial charge is 0.272 e. The number of halogens is 1. The van der Waals surface area contributed by atoms with Gasteiger partial charge >= 0.3 is 0 Å². The summed E-state index contributed by atoms with van der Waals surface area (Å²) in [5.74, 6) is -0.0574.